The highest BCUT2D eigenvalue weighted by Crippen LogP contribution is 2.30. The van der Waals surface area contributed by atoms with Crippen LogP contribution < -0.4 is 11.1 Å². The average Bonchev–Trinajstić information content (AvgIpc) is 2.81. The third-order valence-electron chi connectivity index (χ3n) is 3.72. The minimum absolute atomic E-state index is 0.0133. The highest BCUT2D eigenvalue weighted by molar-refractivity contribution is 5.86. The molecular formula is C14H22N2O2. The maximum atomic E-state index is 12.1. The van der Waals surface area contributed by atoms with E-state index < -0.39 is 5.54 Å². The summed E-state index contributed by atoms with van der Waals surface area (Å²) < 4.78 is 5.22. The Morgan fingerprint density at radius 1 is 1.67 bits per heavy atom. The van der Waals surface area contributed by atoms with Crippen molar-refractivity contribution in [1.29, 1.82) is 0 Å². The number of carbonyl (C=O) groups excluding carboxylic acids is 1. The van der Waals surface area contributed by atoms with Crippen LogP contribution in [0.15, 0.2) is 22.8 Å². The standard InChI is InChI=1S/C14H22N2O2/c1-11-4-2-7-14(15,10-11)13(17)16-8-6-12-5-3-9-18-12/h3,5,9,11H,2,4,6-8,10,15H2,1H3,(H,16,17). The van der Waals surface area contributed by atoms with Gasteiger partial charge in [-0.2, -0.15) is 0 Å². The highest BCUT2D eigenvalue weighted by atomic mass is 16.3. The number of rotatable bonds is 4. The van der Waals surface area contributed by atoms with E-state index in [0.29, 0.717) is 18.9 Å². The van der Waals surface area contributed by atoms with Gasteiger partial charge in [0.15, 0.2) is 0 Å². The lowest BCUT2D eigenvalue weighted by molar-refractivity contribution is -0.128. The molecule has 2 atom stereocenters. The number of amides is 1. The third kappa shape index (κ3) is 3.13. The van der Waals surface area contributed by atoms with E-state index in [4.69, 9.17) is 10.2 Å². The van der Waals surface area contributed by atoms with Crippen molar-refractivity contribution in [2.24, 2.45) is 11.7 Å². The largest absolute Gasteiger partial charge is 0.469 e. The predicted molar refractivity (Wildman–Crippen MR) is 70.0 cm³/mol. The molecule has 1 saturated carbocycles. The van der Waals surface area contributed by atoms with E-state index in [1.54, 1.807) is 6.26 Å². The molecule has 2 unspecified atom stereocenters. The second-order valence-corrected chi connectivity index (χ2v) is 5.44. The second kappa shape index (κ2) is 5.57. The Bertz CT molecular complexity index is 389. The molecule has 0 radical (unpaired) electrons. The van der Waals surface area contributed by atoms with Gasteiger partial charge >= 0.3 is 0 Å². The quantitative estimate of drug-likeness (QED) is 0.856. The molecule has 100 valence electrons. The number of nitrogens with two attached hydrogens (primary N) is 1. The molecule has 0 aliphatic heterocycles. The van der Waals surface area contributed by atoms with Gasteiger partial charge < -0.3 is 15.5 Å². The lowest BCUT2D eigenvalue weighted by Crippen LogP contribution is -2.56. The summed E-state index contributed by atoms with van der Waals surface area (Å²) in [4.78, 5) is 12.1. The summed E-state index contributed by atoms with van der Waals surface area (Å²) in [5.41, 5.74) is 5.55. The molecule has 1 amide bonds. The van der Waals surface area contributed by atoms with E-state index in [2.05, 4.69) is 12.2 Å². The Hall–Kier alpha value is -1.29. The molecule has 0 aromatic carbocycles. The summed E-state index contributed by atoms with van der Waals surface area (Å²) in [6.45, 7) is 2.75. The molecule has 1 aromatic heterocycles. The van der Waals surface area contributed by atoms with Gasteiger partial charge in [-0.05, 0) is 30.9 Å². The van der Waals surface area contributed by atoms with E-state index in [-0.39, 0.29) is 5.91 Å². The zero-order valence-electron chi connectivity index (χ0n) is 10.9. The molecule has 4 nitrogen and oxygen atoms in total. The fourth-order valence-corrected chi connectivity index (χ4v) is 2.73. The monoisotopic (exact) mass is 250 g/mol. The molecule has 0 saturated heterocycles. The number of hydrogen-bond acceptors (Lipinski definition) is 3. The van der Waals surface area contributed by atoms with Gasteiger partial charge in [-0.15, -0.1) is 0 Å². The molecule has 1 aromatic rings. The fraction of sp³-hybridized carbons (Fsp3) is 0.643. The van der Waals surface area contributed by atoms with Crippen LogP contribution in [0.5, 0.6) is 0 Å². The SMILES string of the molecule is CC1CCCC(N)(C(=O)NCCc2ccco2)C1. The lowest BCUT2D eigenvalue weighted by Gasteiger charge is -2.35. The van der Waals surface area contributed by atoms with Crippen LogP contribution in [-0.2, 0) is 11.2 Å². The van der Waals surface area contributed by atoms with Crippen molar-refractivity contribution in [2.45, 2.75) is 44.6 Å². The first-order valence-electron chi connectivity index (χ1n) is 6.70. The molecule has 18 heavy (non-hydrogen) atoms. The fourth-order valence-electron chi connectivity index (χ4n) is 2.73. The van der Waals surface area contributed by atoms with Crippen molar-refractivity contribution in [1.82, 2.24) is 5.32 Å². The molecule has 1 aliphatic carbocycles. The van der Waals surface area contributed by atoms with Crippen LogP contribution in [0.2, 0.25) is 0 Å². The Kier molecular flexibility index (Phi) is 4.07. The first-order chi connectivity index (χ1) is 8.60. The molecule has 1 aliphatic rings. The van der Waals surface area contributed by atoms with Gasteiger partial charge in [0.05, 0.1) is 11.8 Å². The molecule has 3 N–H and O–H groups in total. The summed E-state index contributed by atoms with van der Waals surface area (Å²) in [6, 6.07) is 3.76. The van der Waals surface area contributed by atoms with E-state index in [9.17, 15) is 4.79 Å². The van der Waals surface area contributed by atoms with Crippen LogP contribution in [0.4, 0.5) is 0 Å². The van der Waals surface area contributed by atoms with Crippen molar-refractivity contribution in [3.63, 3.8) is 0 Å². The van der Waals surface area contributed by atoms with Gasteiger partial charge in [0.25, 0.3) is 0 Å². The molecule has 0 spiro atoms. The Labute approximate surface area is 108 Å². The van der Waals surface area contributed by atoms with Crippen LogP contribution in [0.3, 0.4) is 0 Å². The number of furan rings is 1. The topological polar surface area (TPSA) is 68.3 Å². The number of hydrogen-bond donors (Lipinski definition) is 2. The van der Waals surface area contributed by atoms with Gasteiger partial charge in [-0.25, -0.2) is 0 Å². The minimum Gasteiger partial charge on any atom is -0.469 e. The van der Waals surface area contributed by atoms with Gasteiger partial charge in [0.2, 0.25) is 5.91 Å². The maximum absolute atomic E-state index is 12.1. The van der Waals surface area contributed by atoms with Crippen LogP contribution in [0, 0.1) is 5.92 Å². The summed E-state index contributed by atoms with van der Waals surface area (Å²) in [5, 5.41) is 2.93. The maximum Gasteiger partial charge on any atom is 0.240 e. The normalized spacial score (nSPS) is 28.0. The van der Waals surface area contributed by atoms with Crippen molar-refractivity contribution in [3.05, 3.63) is 24.2 Å². The summed E-state index contributed by atoms with van der Waals surface area (Å²) >= 11 is 0. The number of carbonyl (C=O) groups is 1. The van der Waals surface area contributed by atoms with Crippen LogP contribution in [-0.4, -0.2) is 18.0 Å². The van der Waals surface area contributed by atoms with Crippen LogP contribution in [0.25, 0.3) is 0 Å². The van der Waals surface area contributed by atoms with Crippen molar-refractivity contribution in [2.75, 3.05) is 6.54 Å². The average molecular weight is 250 g/mol. The van der Waals surface area contributed by atoms with Gasteiger partial charge in [-0.1, -0.05) is 19.8 Å². The first-order valence-corrected chi connectivity index (χ1v) is 6.70. The second-order valence-electron chi connectivity index (χ2n) is 5.44. The molecule has 1 fully saturated rings. The molecule has 0 bridgehead atoms. The van der Waals surface area contributed by atoms with E-state index in [1.807, 2.05) is 12.1 Å². The summed E-state index contributed by atoms with van der Waals surface area (Å²) in [7, 11) is 0. The molecule has 4 heteroatoms. The Morgan fingerprint density at radius 2 is 2.50 bits per heavy atom. The van der Waals surface area contributed by atoms with E-state index >= 15 is 0 Å². The summed E-state index contributed by atoms with van der Waals surface area (Å²) in [6.07, 6.45) is 6.17. The third-order valence-corrected chi connectivity index (χ3v) is 3.72. The Morgan fingerprint density at radius 3 is 3.17 bits per heavy atom. The van der Waals surface area contributed by atoms with E-state index in [1.165, 1.54) is 6.42 Å². The molecular weight excluding hydrogens is 228 g/mol. The zero-order valence-corrected chi connectivity index (χ0v) is 10.9. The zero-order chi connectivity index (χ0) is 13.0. The van der Waals surface area contributed by atoms with Gasteiger partial charge in [-0.3, -0.25) is 4.79 Å². The first kappa shape index (κ1) is 13.1. The predicted octanol–water partition coefficient (Wildman–Crippen LogP) is 1.85. The molecule has 2 rings (SSSR count). The van der Waals surface area contributed by atoms with Gasteiger partial charge in [0, 0.05) is 13.0 Å². The van der Waals surface area contributed by atoms with Crippen molar-refractivity contribution < 1.29 is 9.21 Å². The van der Waals surface area contributed by atoms with Crippen molar-refractivity contribution in [3.8, 4) is 0 Å². The van der Waals surface area contributed by atoms with Crippen LogP contribution >= 0.6 is 0 Å². The van der Waals surface area contributed by atoms with Crippen LogP contribution in [0.1, 0.15) is 38.4 Å². The smallest absolute Gasteiger partial charge is 0.240 e. The van der Waals surface area contributed by atoms with Gasteiger partial charge in [0.1, 0.15) is 5.76 Å². The Balaban J connectivity index is 1.80. The lowest BCUT2D eigenvalue weighted by atomic mass is 9.76. The van der Waals surface area contributed by atoms with Crippen molar-refractivity contribution >= 4 is 5.91 Å². The highest BCUT2D eigenvalue weighted by Gasteiger charge is 2.37. The molecule has 1 heterocycles. The minimum atomic E-state index is -0.666. The number of nitrogens with one attached hydrogen (secondary N) is 1. The van der Waals surface area contributed by atoms with E-state index in [0.717, 1.165) is 25.0 Å². The summed E-state index contributed by atoms with van der Waals surface area (Å²) in [5.74, 6) is 1.42.